The fourth-order valence-corrected chi connectivity index (χ4v) is 2.89. The van der Waals surface area contributed by atoms with Crippen LogP contribution in [0.15, 0.2) is 57.5 Å². The summed E-state index contributed by atoms with van der Waals surface area (Å²) in [6, 6.07) is 15.0. The molecule has 2 rings (SSSR count). The van der Waals surface area contributed by atoms with Crippen molar-refractivity contribution in [1.82, 2.24) is 0 Å². The molecule has 24 heavy (non-hydrogen) atoms. The Morgan fingerprint density at radius 2 is 1.08 bits per heavy atom. The van der Waals surface area contributed by atoms with Crippen molar-refractivity contribution in [2.75, 3.05) is 10.6 Å². The molecule has 2 N–H and O–H groups in total. The van der Waals surface area contributed by atoms with Gasteiger partial charge in [0.2, 0.25) is 11.8 Å². The maximum Gasteiger partial charge on any atom is 0.224 e. The molecule has 0 atom stereocenters. The molecule has 2 amide bonds. The highest BCUT2D eigenvalue weighted by Crippen LogP contribution is 2.22. The van der Waals surface area contributed by atoms with E-state index in [9.17, 15) is 9.59 Å². The lowest BCUT2D eigenvalue weighted by Gasteiger charge is -2.08. The molecule has 2 aromatic rings. The van der Waals surface area contributed by atoms with Gasteiger partial charge in [0.15, 0.2) is 0 Å². The number of benzene rings is 2. The van der Waals surface area contributed by atoms with E-state index < -0.39 is 0 Å². The number of amides is 2. The Kier molecular flexibility index (Phi) is 7.46. The Morgan fingerprint density at radius 1 is 0.708 bits per heavy atom. The van der Waals surface area contributed by atoms with Gasteiger partial charge in [-0.1, -0.05) is 24.3 Å². The Hall–Kier alpha value is -1.66. The fourth-order valence-electron chi connectivity index (χ4n) is 2.12. The van der Waals surface area contributed by atoms with Crippen LogP contribution in [0.5, 0.6) is 0 Å². The first-order valence-electron chi connectivity index (χ1n) is 7.65. The molecule has 126 valence electrons. The Morgan fingerprint density at radius 3 is 1.46 bits per heavy atom. The summed E-state index contributed by atoms with van der Waals surface area (Å²) in [5, 5.41) is 5.71. The number of carbonyl (C=O) groups excluding carboxylic acids is 2. The average Bonchev–Trinajstić information content (AvgIpc) is 2.56. The maximum atomic E-state index is 11.9. The van der Waals surface area contributed by atoms with Gasteiger partial charge in [-0.15, -0.1) is 0 Å². The van der Waals surface area contributed by atoms with Crippen molar-refractivity contribution in [3.63, 3.8) is 0 Å². The number of hydrogen-bond donors (Lipinski definition) is 2. The molecule has 0 saturated heterocycles. The van der Waals surface area contributed by atoms with Gasteiger partial charge in [0.1, 0.15) is 0 Å². The van der Waals surface area contributed by atoms with E-state index in [1.807, 2.05) is 48.5 Å². The number of nitrogens with one attached hydrogen (secondary N) is 2. The van der Waals surface area contributed by atoms with Crippen molar-refractivity contribution in [3.8, 4) is 0 Å². The van der Waals surface area contributed by atoms with Crippen LogP contribution in [0.4, 0.5) is 11.4 Å². The molecule has 0 aromatic heterocycles. The molecular formula is C18H18Br2N2O2. The number of para-hydroxylation sites is 2. The number of unbranched alkanes of at least 4 members (excludes halogenated alkanes) is 1. The van der Waals surface area contributed by atoms with Gasteiger partial charge < -0.3 is 10.6 Å². The average molecular weight is 454 g/mol. The van der Waals surface area contributed by atoms with Gasteiger partial charge in [-0.25, -0.2) is 0 Å². The normalized spacial score (nSPS) is 10.2. The minimum Gasteiger partial charge on any atom is -0.325 e. The van der Waals surface area contributed by atoms with Crippen molar-refractivity contribution in [2.45, 2.75) is 25.7 Å². The summed E-state index contributed by atoms with van der Waals surface area (Å²) in [5.41, 5.74) is 1.52. The van der Waals surface area contributed by atoms with E-state index in [1.54, 1.807) is 0 Å². The fraction of sp³-hybridized carbons (Fsp3) is 0.222. The summed E-state index contributed by atoms with van der Waals surface area (Å²) in [7, 11) is 0. The standard InChI is InChI=1S/C18H18Br2N2O2/c19-13-7-1-3-9-15(13)21-17(23)11-5-6-12-18(24)22-16-10-4-2-8-14(16)20/h1-4,7-10H,5-6,11-12H2,(H,21,23)(H,22,24). The second kappa shape index (κ2) is 9.59. The quantitative estimate of drug-likeness (QED) is 0.555. The van der Waals surface area contributed by atoms with Crippen LogP contribution in [0.2, 0.25) is 0 Å². The summed E-state index contributed by atoms with van der Waals surface area (Å²) >= 11 is 6.78. The van der Waals surface area contributed by atoms with Crippen LogP contribution < -0.4 is 10.6 Å². The molecule has 0 heterocycles. The van der Waals surface area contributed by atoms with E-state index in [1.165, 1.54) is 0 Å². The van der Waals surface area contributed by atoms with Crippen LogP contribution in [0.1, 0.15) is 25.7 Å². The predicted octanol–water partition coefficient (Wildman–Crippen LogP) is 5.35. The zero-order valence-electron chi connectivity index (χ0n) is 13.0. The van der Waals surface area contributed by atoms with E-state index in [4.69, 9.17) is 0 Å². The third-order valence-electron chi connectivity index (χ3n) is 3.35. The van der Waals surface area contributed by atoms with Crippen LogP contribution in [-0.4, -0.2) is 11.8 Å². The number of anilines is 2. The zero-order valence-corrected chi connectivity index (χ0v) is 16.2. The summed E-state index contributed by atoms with van der Waals surface area (Å²) in [6.07, 6.45) is 2.12. The summed E-state index contributed by atoms with van der Waals surface area (Å²) < 4.78 is 1.71. The van der Waals surface area contributed by atoms with Gasteiger partial charge in [0, 0.05) is 21.8 Å². The number of carbonyl (C=O) groups is 2. The van der Waals surface area contributed by atoms with Crippen LogP contribution in [0.25, 0.3) is 0 Å². The van der Waals surface area contributed by atoms with Crippen LogP contribution in [-0.2, 0) is 9.59 Å². The van der Waals surface area contributed by atoms with Gasteiger partial charge in [-0.2, -0.15) is 0 Å². The van der Waals surface area contributed by atoms with E-state index in [2.05, 4.69) is 42.5 Å². The SMILES string of the molecule is O=C(CCCCC(=O)Nc1ccccc1Br)Nc1ccccc1Br. The lowest BCUT2D eigenvalue weighted by atomic mass is 10.1. The third kappa shape index (κ3) is 6.09. The number of rotatable bonds is 7. The van der Waals surface area contributed by atoms with Crippen LogP contribution >= 0.6 is 31.9 Å². The van der Waals surface area contributed by atoms with Gasteiger partial charge >= 0.3 is 0 Å². The van der Waals surface area contributed by atoms with Gasteiger partial charge in [-0.05, 0) is 69.0 Å². The van der Waals surface area contributed by atoms with E-state index in [0.29, 0.717) is 25.7 Å². The Labute approximate surface area is 158 Å². The largest absolute Gasteiger partial charge is 0.325 e. The van der Waals surface area contributed by atoms with Gasteiger partial charge in [-0.3, -0.25) is 9.59 Å². The molecule has 6 heteroatoms. The van der Waals surface area contributed by atoms with Crippen molar-refractivity contribution in [3.05, 3.63) is 57.5 Å². The molecule has 0 spiro atoms. The lowest BCUT2D eigenvalue weighted by Crippen LogP contribution is -2.13. The molecule has 0 unspecified atom stereocenters. The zero-order chi connectivity index (χ0) is 17.4. The molecule has 0 radical (unpaired) electrons. The smallest absolute Gasteiger partial charge is 0.224 e. The van der Waals surface area contributed by atoms with Crippen molar-refractivity contribution >= 4 is 55.0 Å². The van der Waals surface area contributed by atoms with E-state index in [0.717, 1.165) is 20.3 Å². The summed E-state index contributed by atoms with van der Waals surface area (Å²) in [6.45, 7) is 0. The maximum absolute atomic E-state index is 11.9. The molecule has 0 aliphatic heterocycles. The highest BCUT2D eigenvalue weighted by atomic mass is 79.9. The second-order valence-corrected chi connectivity index (χ2v) is 6.97. The van der Waals surface area contributed by atoms with Crippen molar-refractivity contribution in [2.24, 2.45) is 0 Å². The molecule has 4 nitrogen and oxygen atoms in total. The minimum absolute atomic E-state index is 0.0480. The Balaban J connectivity index is 1.67. The minimum atomic E-state index is -0.0480. The highest BCUT2D eigenvalue weighted by molar-refractivity contribution is 9.11. The highest BCUT2D eigenvalue weighted by Gasteiger charge is 2.07. The molecule has 0 aliphatic carbocycles. The lowest BCUT2D eigenvalue weighted by molar-refractivity contribution is -0.118. The monoisotopic (exact) mass is 452 g/mol. The number of hydrogen-bond acceptors (Lipinski definition) is 2. The molecule has 0 fully saturated rings. The first kappa shape index (κ1) is 18.7. The van der Waals surface area contributed by atoms with Crippen molar-refractivity contribution < 1.29 is 9.59 Å². The molecule has 0 aliphatic rings. The molecule has 0 saturated carbocycles. The molecule has 2 aromatic carbocycles. The molecular weight excluding hydrogens is 436 g/mol. The van der Waals surface area contributed by atoms with E-state index >= 15 is 0 Å². The van der Waals surface area contributed by atoms with Gasteiger partial charge in [0.25, 0.3) is 0 Å². The first-order valence-corrected chi connectivity index (χ1v) is 9.23. The summed E-state index contributed by atoms with van der Waals surface area (Å²) in [5.74, 6) is -0.0961. The predicted molar refractivity (Wildman–Crippen MR) is 104 cm³/mol. The van der Waals surface area contributed by atoms with Gasteiger partial charge in [0.05, 0.1) is 11.4 Å². The Bertz CT molecular complexity index is 658. The van der Waals surface area contributed by atoms with Crippen LogP contribution in [0, 0.1) is 0 Å². The molecule has 0 bridgehead atoms. The summed E-state index contributed by atoms with van der Waals surface area (Å²) in [4.78, 5) is 23.8. The second-order valence-electron chi connectivity index (χ2n) is 5.26. The number of halogens is 2. The van der Waals surface area contributed by atoms with E-state index in [-0.39, 0.29) is 11.8 Å². The van der Waals surface area contributed by atoms with Crippen LogP contribution in [0.3, 0.4) is 0 Å². The first-order chi connectivity index (χ1) is 11.6. The topological polar surface area (TPSA) is 58.2 Å². The van der Waals surface area contributed by atoms with Crippen molar-refractivity contribution in [1.29, 1.82) is 0 Å². The third-order valence-corrected chi connectivity index (χ3v) is 4.74.